The second-order valence-electron chi connectivity index (χ2n) is 2.03. The van der Waals surface area contributed by atoms with E-state index >= 15 is 0 Å². The molecule has 0 aliphatic heterocycles. The van der Waals surface area contributed by atoms with Gasteiger partial charge in [-0.05, 0) is 28.1 Å². The molecule has 0 saturated carbocycles. The van der Waals surface area contributed by atoms with Gasteiger partial charge in [0.1, 0.15) is 10.4 Å². The third kappa shape index (κ3) is 1.80. The van der Waals surface area contributed by atoms with Crippen molar-refractivity contribution in [3.05, 3.63) is 28.9 Å². The Hall–Kier alpha value is -0.830. The van der Waals surface area contributed by atoms with Crippen LogP contribution < -0.4 is 5.32 Å². The number of pyridine rings is 1. The average molecular weight is 213 g/mol. The molecule has 0 unspecified atom stereocenters. The lowest BCUT2D eigenvalue weighted by Gasteiger charge is -2.03. The topological polar surface area (TPSA) is 24.9 Å². The second-order valence-corrected chi connectivity index (χ2v) is 2.84. The summed E-state index contributed by atoms with van der Waals surface area (Å²) in [6.07, 6.45) is 1.77. The van der Waals surface area contributed by atoms with Gasteiger partial charge in [-0.2, -0.15) is 0 Å². The van der Waals surface area contributed by atoms with Crippen LogP contribution in [0.1, 0.15) is 5.56 Å². The predicted molar refractivity (Wildman–Crippen MR) is 51.6 cm³/mol. The van der Waals surface area contributed by atoms with Gasteiger partial charge in [0, 0.05) is 12.6 Å². The monoisotopic (exact) mass is 212 g/mol. The van der Waals surface area contributed by atoms with Crippen LogP contribution in [0.25, 0.3) is 6.08 Å². The lowest BCUT2D eigenvalue weighted by molar-refractivity contribution is 1.24. The predicted octanol–water partition coefficient (Wildman–Crippen LogP) is 2.53. The first kappa shape index (κ1) is 8.27. The Kier molecular flexibility index (Phi) is 2.65. The molecule has 11 heavy (non-hydrogen) atoms. The Labute approximate surface area is 74.5 Å². The summed E-state index contributed by atoms with van der Waals surface area (Å²) in [5.41, 5.74) is 1.01. The first-order valence-electron chi connectivity index (χ1n) is 3.24. The van der Waals surface area contributed by atoms with E-state index in [2.05, 4.69) is 32.8 Å². The van der Waals surface area contributed by atoms with Gasteiger partial charge in [-0.15, -0.1) is 0 Å². The highest BCUT2D eigenvalue weighted by atomic mass is 79.9. The van der Waals surface area contributed by atoms with Gasteiger partial charge in [-0.1, -0.05) is 12.7 Å². The van der Waals surface area contributed by atoms with Crippen LogP contribution in [0.4, 0.5) is 5.82 Å². The molecule has 0 bridgehead atoms. The molecule has 0 aliphatic carbocycles. The first-order chi connectivity index (χ1) is 5.27. The van der Waals surface area contributed by atoms with E-state index in [1.807, 2.05) is 19.2 Å². The molecular weight excluding hydrogens is 204 g/mol. The van der Waals surface area contributed by atoms with Crippen molar-refractivity contribution in [2.45, 2.75) is 0 Å². The van der Waals surface area contributed by atoms with Crippen LogP contribution in [0.5, 0.6) is 0 Å². The van der Waals surface area contributed by atoms with E-state index in [1.54, 1.807) is 6.08 Å². The van der Waals surface area contributed by atoms with Crippen LogP contribution in [0.2, 0.25) is 0 Å². The maximum atomic E-state index is 4.20. The molecule has 1 rings (SSSR count). The largest absolute Gasteiger partial charge is 0.373 e. The second kappa shape index (κ2) is 3.53. The molecule has 1 aromatic rings. The SMILES string of the molecule is C=Cc1ccc(Br)nc1NC. The molecule has 0 amide bonds. The highest BCUT2D eigenvalue weighted by Gasteiger charge is 1.97. The molecule has 1 heterocycles. The number of halogens is 1. The summed E-state index contributed by atoms with van der Waals surface area (Å²) in [5.74, 6) is 0.842. The van der Waals surface area contributed by atoms with E-state index in [0.29, 0.717) is 0 Å². The Bertz CT molecular complexity index is 271. The molecule has 0 radical (unpaired) electrons. The van der Waals surface area contributed by atoms with E-state index in [9.17, 15) is 0 Å². The number of rotatable bonds is 2. The van der Waals surface area contributed by atoms with Crippen molar-refractivity contribution in [3.8, 4) is 0 Å². The minimum absolute atomic E-state index is 0.826. The maximum Gasteiger partial charge on any atom is 0.134 e. The highest BCUT2D eigenvalue weighted by Crippen LogP contribution is 2.16. The summed E-state index contributed by atoms with van der Waals surface area (Å²) in [4.78, 5) is 4.20. The minimum Gasteiger partial charge on any atom is -0.373 e. The summed E-state index contributed by atoms with van der Waals surface area (Å²) >= 11 is 3.28. The Morgan fingerprint density at radius 2 is 2.36 bits per heavy atom. The Morgan fingerprint density at radius 3 is 2.91 bits per heavy atom. The first-order valence-corrected chi connectivity index (χ1v) is 4.04. The van der Waals surface area contributed by atoms with Gasteiger partial charge in [0.05, 0.1) is 0 Å². The van der Waals surface area contributed by atoms with E-state index in [1.165, 1.54) is 0 Å². The lowest BCUT2D eigenvalue weighted by Crippen LogP contribution is -1.94. The lowest BCUT2D eigenvalue weighted by atomic mass is 10.2. The fourth-order valence-corrected chi connectivity index (χ4v) is 1.12. The molecule has 0 aromatic carbocycles. The molecule has 0 saturated heterocycles. The number of nitrogens with zero attached hydrogens (tertiary/aromatic N) is 1. The van der Waals surface area contributed by atoms with Crippen molar-refractivity contribution < 1.29 is 0 Å². The van der Waals surface area contributed by atoms with Crippen molar-refractivity contribution in [2.24, 2.45) is 0 Å². The zero-order valence-corrected chi connectivity index (χ0v) is 7.85. The molecule has 0 aliphatic rings. The number of aromatic nitrogens is 1. The molecular formula is C8H9BrN2. The van der Waals surface area contributed by atoms with Gasteiger partial charge in [-0.3, -0.25) is 0 Å². The molecule has 0 fully saturated rings. The third-order valence-electron chi connectivity index (χ3n) is 1.35. The quantitative estimate of drug-likeness (QED) is 0.763. The standard InChI is InChI=1S/C8H9BrN2/c1-3-6-4-5-7(9)11-8(6)10-2/h3-5H,1H2,2H3,(H,10,11). The summed E-state index contributed by atoms with van der Waals surface area (Å²) in [7, 11) is 1.84. The highest BCUT2D eigenvalue weighted by molar-refractivity contribution is 9.10. The zero-order chi connectivity index (χ0) is 8.27. The van der Waals surface area contributed by atoms with Crippen LogP contribution in [0.15, 0.2) is 23.3 Å². The fraction of sp³-hybridized carbons (Fsp3) is 0.125. The number of hydrogen-bond acceptors (Lipinski definition) is 2. The maximum absolute atomic E-state index is 4.20. The van der Waals surface area contributed by atoms with Gasteiger partial charge >= 0.3 is 0 Å². The fourth-order valence-electron chi connectivity index (χ4n) is 0.811. The number of anilines is 1. The molecule has 0 spiro atoms. The molecule has 0 atom stereocenters. The van der Waals surface area contributed by atoms with Gasteiger partial charge in [0.25, 0.3) is 0 Å². The van der Waals surface area contributed by atoms with Crippen LogP contribution in [-0.4, -0.2) is 12.0 Å². The van der Waals surface area contributed by atoms with Crippen LogP contribution in [-0.2, 0) is 0 Å². The summed E-state index contributed by atoms with van der Waals surface area (Å²) in [5, 5.41) is 2.97. The summed E-state index contributed by atoms with van der Waals surface area (Å²) < 4.78 is 0.826. The van der Waals surface area contributed by atoms with Crippen LogP contribution in [0.3, 0.4) is 0 Å². The summed E-state index contributed by atoms with van der Waals surface area (Å²) in [6.45, 7) is 3.67. The van der Waals surface area contributed by atoms with Crippen LogP contribution in [0, 0.1) is 0 Å². The minimum atomic E-state index is 0.826. The number of hydrogen-bond donors (Lipinski definition) is 1. The normalized spacial score (nSPS) is 9.27. The third-order valence-corrected chi connectivity index (χ3v) is 1.79. The number of nitrogens with one attached hydrogen (secondary N) is 1. The van der Waals surface area contributed by atoms with E-state index < -0.39 is 0 Å². The van der Waals surface area contributed by atoms with Crippen molar-refractivity contribution >= 4 is 27.8 Å². The molecule has 58 valence electrons. The average Bonchev–Trinajstić information content (AvgIpc) is 2.04. The zero-order valence-electron chi connectivity index (χ0n) is 6.26. The Morgan fingerprint density at radius 1 is 1.64 bits per heavy atom. The molecule has 1 aromatic heterocycles. The van der Waals surface area contributed by atoms with Gasteiger partial charge in [0.2, 0.25) is 0 Å². The van der Waals surface area contributed by atoms with Crippen molar-refractivity contribution in [3.63, 3.8) is 0 Å². The van der Waals surface area contributed by atoms with E-state index in [0.717, 1.165) is 16.0 Å². The van der Waals surface area contributed by atoms with E-state index in [4.69, 9.17) is 0 Å². The van der Waals surface area contributed by atoms with Crippen molar-refractivity contribution in [1.82, 2.24) is 4.98 Å². The van der Waals surface area contributed by atoms with E-state index in [-0.39, 0.29) is 0 Å². The van der Waals surface area contributed by atoms with Crippen molar-refractivity contribution in [1.29, 1.82) is 0 Å². The smallest absolute Gasteiger partial charge is 0.134 e. The van der Waals surface area contributed by atoms with Gasteiger partial charge < -0.3 is 5.32 Å². The molecule has 3 heteroatoms. The molecule has 2 nitrogen and oxygen atoms in total. The van der Waals surface area contributed by atoms with Crippen LogP contribution >= 0.6 is 15.9 Å². The van der Waals surface area contributed by atoms with Gasteiger partial charge in [-0.25, -0.2) is 4.98 Å². The van der Waals surface area contributed by atoms with Gasteiger partial charge in [0.15, 0.2) is 0 Å². The summed E-state index contributed by atoms with van der Waals surface area (Å²) in [6, 6.07) is 3.84. The Balaban J connectivity index is 3.16. The van der Waals surface area contributed by atoms with Crippen molar-refractivity contribution in [2.75, 3.05) is 12.4 Å². The molecule has 1 N–H and O–H groups in total.